The molecule has 2 rings (SSSR count). The predicted octanol–water partition coefficient (Wildman–Crippen LogP) is -0.425. The van der Waals surface area contributed by atoms with Gasteiger partial charge in [-0.25, -0.2) is 0 Å². The van der Waals surface area contributed by atoms with Gasteiger partial charge in [0.25, 0.3) is 0 Å². The number of likely N-dealkylation sites (N-methyl/N-ethyl adjacent to an activating group) is 1. The first-order valence-corrected chi connectivity index (χ1v) is 4.26. The molecule has 0 spiro atoms. The summed E-state index contributed by atoms with van der Waals surface area (Å²) < 4.78 is 0. The molecule has 64 valence electrons. The minimum atomic E-state index is -0.206. The molecule has 2 bridgehead atoms. The van der Waals surface area contributed by atoms with Crippen LogP contribution in [0, 0.1) is 0 Å². The standard InChI is InChI=1S/C8H15NO2/c1-9-5-2-6(10)4-7(9)8(11)3-5/h5-8,10-11H,2-4H2,1H3/t5-,6?,7+,8?/m0/s1. The molecule has 3 heteroatoms. The summed E-state index contributed by atoms with van der Waals surface area (Å²) >= 11 is 0. The third-order valence-corrected chi connectivity index (χ3v) is 3.11. The van der Waals surface area contributed by atoms with Crippen LogP contribution >= 0.6 is 0 Å². The van der Waals surface area contributed by atoms with Crippen LogP contribution in [-0.4, -0.2) is 46.5 Å². The molecule has 2 saturated heterocycles. The molecule has 3 nitrogen and oxygen atoms in total. The van der Waals surface area contributed by atoms with Crippen LogP contribution in [0.2, 0.25) is 0 Å². The summed E-state index contributed by atoms with van der Waals surface area (Å²) in [5, 5.41) is 18.9. The summed E-state index contributed by atoms with van der Waals surface area (Å²) in [4.78, 5) is 2.21. The van der Waals surface area contributed by atoms with Crippen molar-refractivity contribution < 1.29 is 10.2 Å². The van der Waals surface area contributed by atoms with Gasteiger partial charge >= 0.3 is 0 Å². The normalized spacial score (nSPS) is 51.5. The van der Waals surface area contributed by atoms with E-state index in [1.54, 1.807) is 0 Å². The lowest BCUT2D eigenvalue weighted by Crippen LogP contribution is -2.44. The molecule has 0 amide bonds. The van der Waals surface area contributed by atoms with Gasteiger partial charge in [-0.3, -0.25) is 4.90 Å². The average Bonchev–Trinajstić information content (AvgIpc) is 2.17. The summed E-state index contributed by atoms with van der Waals surface area (Å²) in [5.41, 5.74) is 0. The smallest absolute Gasteiger partial charge is 0.0711 e. The molecule has 2 heterocycles. The minimum absolute atomic E-state index is 0.182. The molecule has 2 N–H and O–H groups in total. The molecule has 0 aromatic heterocycles. The summed E-state index contributed by atoms with van der Waals surface area (Å²) in [5.74, 6) is 0. The first kappa shape index (κ1) is 7.53. The highest BCUT2D eigenvalue weighted by molar-refractivity contribution is 4.98. The zero-order valence-electron chi connectivity index (χ0n) is 6.77. The third-order valence-electron chi connectivity index (χ3n) is 3.11. The second kappa shape index (κ2) is 2.44. The molecule has 2 aliphatic rings. The van der Waals surface area contributed by atoms with E-state index in [4.69, 9.17) is 0 Å². The number of piperidine rings is 1. The van der Waals surface area contributed by atoms with Crippen molar-refractivity contribution in [1.29, 1.82) is 0 Å². The summed E-state index contributed by atoms with van der Waals surface area (Å²) in [6, 6.07) is 0.627. The van der Waals surface area contributed by atoms with Crippen LogP contribution in [0.15, 0.2) is 0 Å². The molecular weight excluding hydrogens is 142 g/mol. The Bertz CT molecular complexity index is 160. The van der Waals surface area contributed by atoms with Gasteiger partial charge in [-0.15, -0.1) is 0 Å². The van der Waals surface area contributed by atoms with Gasteiger partial charge in [-0.1, -0.05) is 0 Å². The molecule has 0 aromatic carbocycles. The zero-order chi connectivity index (χ0) is 8.01. The number of aliphatic hydroxyl groups excluding tert-OH is 2. The highest BCUT2D eigenvalue weighted by Crippen LogP contribution is 2.34. The minimum Gasteiger partial charge on any atom is -0.393 e. The first-order valence-electron chi connectivity index (χ1n) is 4.26. The van der Waals surface area contributed by atoms with Crippen LogP contribution in [0.3, 0.4) is 0 Å². The number of hydrogen-bond acceptors (Lipinski definition) is 3. The van der Waals surface area contributed by atoms with Crippen LogP contribution in [0.1, 0.15) is 19.3 Å². The highest BCUT2D eigenvalue weighted by atomic mass is 16.3. The van der Waals surface area contributed by atoms with Gasteiger partial charge in [0.2, 0.25) is 0 Å². The fraction of sp³-hybridized carbons (Fsp3) is 1.00. The van der Waals surface area contributed by atoms with E-state index in [1.165, 1.54) is 0 Å². The molecule has 11 heavy (non-hydrogen) atoms. The van der Waals surface area contributed by atoms with E-state index in [1.807, 2.05) is 7.05 Å². The molecule has 0 aromatic rings. The lowest BCUT2D eigenvalue weighted by atomic mass is 10.0. The Hall–Kier alpha value is -0.120. The Morgan fingerprint density at radius 2 is 1.91 bits per heavy atom. The van der Waals surface area contributed by atoms with Gasteiger partial charge in [-0.2, -0.15) is 0 Å². The number of hydrogen-bond donors (Lipinski definition) is 2. The second-order valence-electron chi connectivity index (χ2n) is 3.81. The van der Waals surface area contributed by atoms with Crippen molar-refractivity contribution in [3.8, 4) is 0 Å². The molecular formula is C8H15NO2. The Labute approximate surface area is 66.6 Å². The van der Waals surface area contributed by atoms with Crippen molar-refractivity contribution in [2.45, 2.75) is 43.6 Å². The molecule has 0 aliphatic carbocycles. The van der Waals surface area contributed by atoms with Gasteiger partial charge in [0, 0.05) is 12.1 Å². The van der Waals surface area contributed by atoms with E-state index < -0.39 is 0 Å². The van der Waals surface area contributed by atoms with Crippen LogP contribution in [0.25, 0.3) is 0 Å². The van der Waals surface area contributed by atoms with Crippen LogP contribution in [-0.2, 0) is 0 Å². The van der Waals surface area contributed by atoms with E-state index in [2.05, 4.69) is 4.90 Å². The van der Waals surface area contributed by atoms with Gasteiger partial charge in [0.15, 0.2) is 0 Å². The third kappa shape index (κ3) is 1.08. The predicted molar refractivity (Wildman–Crippen MR) is 41.2 cm³/mol. The number of aliphatic hydroxyl groups is 2. The summed E-state index contributed by atoms with van der Waals surface area (Å²) in [6.07, 6.45) is 2.04. The van der Waals surface area contributed by atoms with E-state index in [-0.39, 0.29) is 18.2 Å². The SMILES string of the molecule is CN1[C@H]2CC(O)C[C@@H]1C(O)C2. The maximum Gasteiger partial charge on any atom is 0.0711 e. The lowest BCUT2D eigenvalue weighted by molar-refractivity contribution is 0.0282. The lowest BCUT2D eigenvalue weighted by Gasteiger charge is -2.34. The van der Waals surface area contributed by atoms with Crippen LogP contribution < -0.4 is 0 Å². The first-order chi connectivity index (χ1) is 5.18. The quantitative estimate of drug-likeness (QED) is 0.501. The molecule has 4 atom stereocenters. The molecule has 0 radical (unpaired) electrons. The van der Waals surface area contributed by atoms with Gasteiger partial charge in [-0.05, 0) is 26.3 Å². The van der Waals surface area contributed by atoms with E-state index in [9.17, 15) is 10.2 Å². The fourth-order valence-electron chi connectivity index (χ4n) is 2.42. The maximum atomic E-state index is 9.53. The van der Waals surface area contributed by atoms with Crippen molar-refractivity contribution in [1.82, 2.24) is 4.90 Å². The highest BCUT2D eigenvalue weighted by Gasteiger charge is 2.43. The van der Waals surface area contributed by atoms with E-state index >= 15 is 0 Å². The van der Waals surface area contributed by atoms with Crippen molar-refractivity contribution in [3.05, 3.63) is 0 Å². The average molecular weight is 157 g/mol. The monoisotopic (exact) mass is 157 g/mol. The van der Waals surface area contributed by atoms with Crippen molar-refractivity contribution in [2.24, 2.45) is 0 Å². The zero-order valence-corrected chi connectivity index (χ0v) is 6.77. The number of fused-ring (bicyclic) bond motifs is 2. The number of nitrogens with zero attached hydrogens (tertiary/aromatic N) is 1. The Morgan fingerprint density at radius 3 is 2.55 bits per heavy atom. The molecule has 0 saturated carbocycles. The van der Waals surface area contributed by atoms with Gasteiger partial charge in [0.05, 0.1) is 12.2 Å². The van der Waals surface area contributed by atoms with E-state index in [0.29, 0.717) is 6.04 Å². The molecule has 2 aliphatic heterocycles. The van der Waals surface area contributed by atoms with Crippen LogP contribution in [0.5, 0.6) is 0 Å². The van der Waals surface area contributed by atoms with Gasteiger partial charge in [0.1, 0.15) is 0 Å². The van der Waals surface area contributed by atoms with Crippen molar-refractivity contribution >= 4 is 0 Å². The topological polar surface area (TPSA) is 43.7 Å². The van der Waals surface area contributed by atoms with E-state index in [0.717, 1.165) is 19.3 Å². The summed E-state index contributed by atoms with van der Waals surface area (Å²) in [7, 11) is 2.04. The summed E-state index contributed by atoms with van der Waals surface area (Å²) in [6.45, 7) is 0. The van der Waals surface area contributed by atoms with Crippen molar-refractivity contribution in [2.75, 3.05) is 7.05 Å². The Morgan fingerprint density at radius 1 is 1.18 bits per heavy atom. The molecule has 2 unspecified atom stereocenters. The molecule has 2 fully saturated rings. The largest absolute Gasteiger partial charge is 0.393 e. The van der Waals surface area contributed by atoms with Crippen LogP contribution in [0.4, 0.5) is 0 Å². The number of rotatable bonds is 0. The Balaban J connectivity index is 2.14. The van der Waals surface area contributed by atoms with Gasteiger partial charge < -0.3 is 10.2 Å². The second-order valence-corrected chi connectivity index (χ2v) is 3.81. The fourth-order valence-corrected chi connectivity index (χ4v) is 2.42. The Kier molecular flexibility index (Phi) is 1.67. The van der Waals surface area contributed by atoms with Crippen molar-refractivity contribution in [3.63, 3.8) is 0 Å². The maximum absolute atomic E-state index is 9.53.